The van der Waals surface area contributed by atoms with Gasteiger partial charge in [-0.15, -0.1) is 11.3 Å². The van der Waals surface area contributed by atoms with Gasteiger partial charge in [-0.1, -0.05) is 19.9 Å². The molecule has 2 heterocycles. The van der Waals surface area contributed by atoms with E-state index in [1.165, 1.54) is 23.0 Å². The minimum absolute atomic E-state index is 0.126. The molecule has 8 nitrogen and oxygen atoms in total. The molecule has 0 amide bonds. The predicted octanol–water partition coefficient (Wildman–Crippen LogP) is 2.59. The fourth-order valence-electron chi connectivity index (χ4n) is 3.13. The summed E-state index contributed by atoms with van der Waals surface area (Å²) in [4.78, 5) is 29.9. The van der Waals surface area contributed by atoms with Crippen molar-refractivity contribution in [3.8, 4) is 33.3 Å². The monoisotopic (exact) mass is 416 g/mol. The van der Waals surface area contributed by atoms with E-state index in [0.29, 0.717) is 28.7 Å². The van der Waals surface area contributed by atoms with Gasteiger partial charge in [-0.25, -0.2) is 9.78 Å². The second-order valence-corrected chi connectivity index (χ2v) is 7.85. The number of hydrogen-bond acceptors (Lipinski definition) is 7. The molecule has 0 radical (unpaired) electrons. The Hall–Kier alpha value is -3.07. The molecular formula is C20H24N4O4S. The first-order valence-electron chi connectivity index (χ1n) is 9.06. The number of benzene rings is 1. The van der Waals surface area contributed by atoms with Crippen molar-refractivity contribution in [2.45, 2.75) is 20.4 Å². The molecule has 154 valence electrons. The summed E-state index contributed by atoms with van der Waals surface area (Å²) in [6.07, 6.45) is 0. The first kappa shape index (κ1) is 20.7. The molecule has 1 aromatic carbocycles. The van der Waals surface area contributed by atoms with Crippen molar-refractivity contribution in [1.82, 2.24) is 14.1 Å². The summed E-state index contributed by atoms with van der Waals surface area (Å²) in [5, 5.41) is 2.41. The largest absolute Gasteiger partial charge is 0.493 e. The van der Waals surface area contributed by atoms with Gasteiger partial charge in [0.05, 0.1) is 25.5 Å². The third-order valence-corrected chi connectivity index (χ3v) is 5.40. The number of aromatic nitrogens is 3. The lowest BCUT2D eigenvalue weighted by atomic mass is 10.2. The summed E-state index contributed by atoms with van der Waals surface area (Å²) in [5.41, 5.74) is 6.73. The standard InChI is InChI=1S/C20H24N4O4S/c1-11(2)9-24-17(21)15(19(25)23(3)20(24)26)13-10-29-18(22-13)12-7-6-8-14(27-4)16(12)28-5/h6-8,10-11H,9,21H2,1-5H3. The third kappa shape index (κ3) is 3.65. The molecule has 9 heteroatoms. The number of ether oxygens (including phenoxy) is 2. The zero-order valence-corrected chi connectivity index (χ0v) is 17.9. The molecule has 0 aliphatic rings. The average Bonchev–Trinajstić information content (AvgIpc) is 3.18. The molecule has 29 heavy (non-hydrogen) atoms. The number of hydrogen-bond donors (Lipinski definition) is 1. The van der Waals surface area contributed by atoms with E-state index in [9.17, 15) is 9.59 Å². The third-order valence-electron chi connectivity index (χ3n) is 4.52. The Morgan fingerprint density at radius 3 is 2.55 bits per heavy atom. The van der Waals surface area contributed by atoms with Crippen LogP contribution in [0.5, 0.6) is 11.5 Å². The number of nitrogen functional groups attached to an aromatic ring is 1. The van der Waals surface area contributed by atoms with Crippen molar-refractivity contribution in [2.24, 2.45) is 13.0 Å². The number of methoxy groups -OCH3 is 2. The number of anilines is 1. The summed E-state index contributed by atoms with van der Waals surface area (Å²) >= 11 is 1.36. The van der Waals surface area contributed by atoms with Crippen molar-refractivity contribution < 1.29 is 9.47 Å². The van der Waals surface area contributed by atoms with Crippen LogP contribution >= 0.6 is 11.3 Å². The van der Waals surface area contributed by atoms with Crippen LogP contribution < -0.4 is 26.5 Å². The second kappa shape index (κ2) is 8.12. The maximum absolute atomic E-state index is 12.8. The van der Waals surface area contributed by atoms with Crippen LogP contribution in [0, 0.1) is 5.92 Å². The molecule has 0 bridgehead atoms. The Kier molecular flexibility index (Phi) is 5.78. The highest BCUT2D eigenvalue weighted by Gasteiger charge is 2.21. The van der Waals surface area contributed by atoms with Crippen LogP contribution in [-0.4, -0.2) is 28.3 Å². The zero-order chi connectivity index (χ0) is 21.3. The Morgan fingerprint density at radius 1 is 1.21 bits per heavy atom. The first-order valence-corrected chi connectivity index (χ1v) is 9.94. The van der Waals surface area contributed by atoms with Gasteiger partial charge < -0.3 is 15.2 Å². The van der Waals surface area contributed by atoms with E-state index < -0.39 is 11.2 Å². The van der Waals surface area contributed by atoms with E-state index in [2.05, 4.69) is 4.98 Å². The average molecular weight is 417 g/mol. The van der Waals surface area contributed by atoms with E-state index >= 15 is 0 Å². The minimum Gasteiger partial charge on any atom is -0.493 e. The van der Waals surface area contributed by atoms with Crippen LogP contribution in [0.1, 0.15) is 13.8 Å². The van der Waals surface area contributed by atoms with Gasteiger partial charge in [0.2, 0.25) is 0 Å². The fraction of sp³-hybridized carbons (Fsp3) is 0.350. The summed E-state index contributed by atoms with van der Waals surface area (Å²) in [7, 11) is 4.57. The molecule has 0 atom stereocenters. The van der Waals surface area contributed by atoms with Crippen molar-refractivity contribution in [1.29, 1.82) is 0 Å². The van der Waals surface area contributed by atoms with Gasteiger partial charge in [0.15, 0.2) is 11.5 Å². The van der Waals surface area contributed by atoms with Gasteiger partial charge in [0, 0.05) is 19.0 Å². The maximum atomic E-state index is 12.8. The molecule has 2 aromatic heterocycles. The van der Waals surface area contributed by atoms with Crippen LogP contribution in [0.3, 0.4) is 0 Å². The molecule has 0 saturated heterocycles. The molecule has 0 aliphatic heterocycles. The first-order chi connectivity index (χ1) is 13.8. The molecule has 0 fully saturated rings. The van der Waals surface area contributed by atoms with Gasteiger partial charge >= 0.3 is 5.69 Å². The Bertz CT molecular complexity index is 1160. The number of thiazole rings is 1. The van der Waals surface area contributed by atoms with Crippen LogP contribution in [0.15, 0.2) is 33.2 Å². The summed E-state index contributed by atoms with van der Waals surface area (Å²) in [6, 6.07) is 5.51. The quantitative estimate of drug-likeness (QED) is 0.663. The number of nitrogens with zero attached hydrogens (tertiary/aromatic N) is 3. The molecular weight excluding hydrogens is 392 g/mol. The van der Waals surface area contributed by atoms with Gasteiger partial charge in [-0.2, -0.15) is 0 Å². The van der Waals surface area contributed by atoms with Gasteiger partial charge in [0.25, 0.3) is 5.56 Å². The lowest BCUT2D eigenvalue weighted by molar-refractivity contribution is 0.356. The summed E-state index contributed by atoms with van der Waals surface area (Å²) in [6.45, 7) is 4.37. The molecule has 3 aromatic rings. The fourth-order valence-corrected chi connectivity index (χ4v) is 3.97. The SMILES string of the molecule is COc1cccc(-c2nc(-c3c(N)n(CC(C)C)c(=O)n(C)c3=O)cs2)c1OC. The molecule has 3 rings (SSSR count). The number of para-hydroxylation sites is 1. The highest BCUT2D eigenvalue weighted by molar-refractivity contribution is 7.13. The zero-order valence-electron chi connectivity index (χ0n) is 17.1. The molecule has 0 aliphatic carbocycles. The molecule has 0 spiro atoms. The lowest BCUT2D eigenvalue weighted by Gasteiger charge is -2.15. The highest BCUT2D eigenvalue weighted by atomic mass is 32.1. The molecule has 0 saturated carbocycles. The molecule has 0 unspecified atom stereocenters. The lowest BCUT2D eigenvalue weighted by Crippen LogP contribution is -2.41. The van der Waals surface area contributed by atoms with Crippen LogP contribution in [0.25, 0.3) is 21.8 Å². The maximum Gasteiger partial charge on any atom is 0.332 e. The van der Waals surface area contributed by atoms with Crippen molar-refractivity contribution >= 4 is 17.2 Å². The van der Waals surface area contributed by atoms with Gasteiger partial charge in [-0.05, 0) is 18.1 Å². The summed E-state index contributed by atoms with van der Waals surface area (Å²) in [5.74, 6) is 1.46. The Morgan fingerprint density at radius 2 is 1.93 bits per heavy atom. The van der Waals surface area contributed by atoms with E-state index in [1.54, 1.807) is 25.7 Å². The van der Waals surface area contributed by atoms with Gasteiger partial charge in [0.1, 0.15) is 16.4 Å². The minimum atomic E-state index is -0.470. The van der Waals surface area contributed by atoms with Crippen LogP contribution in [0.4, 0.5) is 5.82 Å². The van der Waals surface area contributed by atoms with Crippen LogP contribution in [0.2, 0.25) is 0 Å². The predicted molar refractivity (Wildman–Crippen MR) is 115 cm³/mol. The van der Waals surface area contributed by atoms with Crippen molar-refractivity contribution in [3.63, 3.8) is 0 Å². The van der Waals surface area contributed by atoms with Crippen molar-refractivity contribution in [3.05, 3.63) is 44.4 Å². The topological polar surface area (TPSA) is 101 Å². The van der Waals surface area contributed by atoms with Gasteiger partial charge in [-0.3, -0.25) is 13.9 Å². The van der Waals surface area contributed by atoms with Crippen LogP contribution in [-0.2, 0) is 13.6 Å². The van der Waals surface area contributed by atoms with Crippen molar-refractivity contribution in [2.75, 3.05) is 20.0 Å². The van der Waals surface area contributed by atoms with E-state index in [-0.39, 0.29) is 17.3 Å². The Labute approximate surface area is 172 Å². The van der Waals surface area contributed by atoms with E-state index in [1.807, 2.05) is 26.0 Å². The number of rotatable bonds is 6. The highest BCUT2D eigenvalue weighted by Crippen LogP contribution is 2.40. The number of nitrogens with two attached hydrogens (primary N) is 1. The second-order valence-electron chi connectivity index (χ2n) is 6.99. The Balaban J connectivity index is 2.19. The smallest absolute Gasteiger partial charge is 0.332 e. The molecule has 2 N–H and O–H groups in total. The van der Waals surface area contributed by atoms with E-state index in [4.69, 9.17) is 15.2 Å². The normalized spacial score (nSPS) is 11.1. The van der Waals surface area contributed by atoms with E-state index in [0.717, 1.165) is 10.1 Å². The summed E-state index contributed by atoms with van der Waals surface area (Å²) < 4.78 is 13.3.